The maximum atomic E-state index is 12.2. The Morgan fingerprint density at radius 2 is 2.00 bits per heavy atom. The number of carbonyl (C=O) groups is 2. The Labute approximate surface area is 161 Å². The number of ether oxygens (including phenoxy) is 2. The summed E-state index contributed by atoms with van der Waals surface area (Å²) in [6.07, 6.45) is 1.66. The van der Waals surface area contributed by atoms with Crippen molar-refractivity contribution >= 4 is 17.6 Å². The van der Waals surface area contributed by atoms with E-state index >= 15 is 0 Å². The molecule has 3 heterocycles. The summed E-state index contributed by atoms with van der Waals surface area (Å²) < 4.78 is 15.7. The number of imide groups is 1. The zero-order valence-corrected chi connectivity index (χ0v) is 15.4. The fraction of sp³-hybridized carbons (Fsp3) is 0.444. The van der Waals surface area contributed by atoms with Gasteiger partial charge in [-0.2, -0.15) is 4.98 Å². The van der Waals surface area contributed by atoms with E-state index in [-0.39, 0.29) is 25.2 Å². The number of rotatable bonds is 4. The van der Waals surface area contributed by atoms with Crippen molar-refractivity contribution in [1.82, 2.24) is 20.4 Å². The van der Waals surface area contributed by atoms with Crippen molar-refractivity contribution in [2.45, 2.75) is 25.7 Å². The van der Waals surface area contributed by atoms with Gasteiger partial charge in [-0.3, -0.25) is 15.0 Å². The Kier molecular flexibility index (Phi) is 5.11. The second-order valence-electron chi connectivity index (χ2n) is 6.80. The van der Waals surface area contributed by atoms with Crippen LogP contribution < -0.4 is 20.1 Å². The first-order valence-electron chi connectivity index (χ1n) is 9.10. The van der Waals surface area contributed by atoms with Gasteiger partial charge in [0.2, 0.25) is 18.6 Å². The van der Waals surface area contributed by atoms with Crippen LogP contribution in [0.4, 0.5) is 10.5 Å². The molecular formula is C18H21N5O5. The molecule has 1 aromatic heterocycles. The predicted octanol–water partition coefficient (Wildman–Crippen LogP) is 1.63. The monoisotopic (exact) mass is 387 g/mol. The Morgan fingerprint density at radius 1 is 1.21 bits per heavy atom. The van der Waals surface area contributed by atoms with E-state index in [4.69, 9.17) is 14.0 Å². The summed E-state index contributed by atoms with van der Waals surface area (Å²) in [6, 6.07) is 4.45. The number of aromatic nitrogens is 2. The first-order valence-corrected chi connectivity index (χ1v) is 9.10. The summed E-state index contributed by atoms with van der Waals surface area (Å²) in [4.78, 5) is 30.5. The van der Waals surface area contributed by atoms with E-state index in [0.717, 1.165) is 25.9 Å². The molecule has 1 aromatic carbocycles. The summed E-state index contributed by atoms with van der Waals surface area (Å²) in [6.45, 7) is 3.56. The van der Waals surface area contributed by atoms with Gasteiger partial charge < -0.3 is 19.3 Å². The van der Waals surface area contributed by atoms with Crippen LogP contribution in [0.2, 0.25) is 0 Å². The minimum Gasteiger partial charge on any atom is -0.454 e. The Bertz CT molecular complexity index is 875. The third-order valence-electron chi connectivity index (χ3n) is 4.73. The van der Waals surface area contributed by atoms with Gasteiger partial charge in [-0.1, -0.05) is 5.16 Å². The molecule has 10 heteroatoms. The largest absolute Gasteiger partial charge is 0.454 e. The van der Waals surface area contributed by atoms with Crippen molar-refractivity contribution in [3.8, 4) is 11.5 Å². The van der Waals surface area contributed by atoms with Crippen LogP contribution in [0.5, 0.6) is 11.5 Å². The lowest BCUT2D eigenvalue weighted by Crippen LogP contribution is -2.44. The quantitative estimate of drug-likeness (QED) is 0.813. The second-order valence-corrected chi connectivity index (χ2v) is 6.80. The SMILES string of the molecule is Cc1noc(C2CCN(CC(=O)NC(=O)Nc3ccc4c(c3)OCO4)CC2)n1. The van der Waals surface area contributed by atoms with Gasteiger partial charge in [-0.25, -0.2) is 4.79 Å². The Hall–Kier alpha value is -3.14. The maximum absolute atomic E-state index is 12.2. The van der Waals surface area contributed by atoms with Crippen molar-refractivity contribution in [3.63, 3.8) is 0 Å². The van der Waals surface area contributed by atoms with Crippen LogP contribution in [0.1, 0.15) is 30.5 Å². The molecule has 0 bridgehead atoms. The van der Waals surface area contributed by atoms with E-state index < -0.39 is 6.03 Å². The average Bonchev–Trinajstić information content (AvgIpc) is 3.30. The number of nitrogens with zero attached hydrogens (tertiary/aromatic N) is 3. The summed E-state index contributed by atoms with van der Waals surface area (Å²) in [5.41, 5.74) is 0.519. The van der Waals surface area contributed by atoms with Crippen molar-refractivity contribution in [2.24, 2.45) is 0 Å². The van der Waals surface area contributed by atoms with Crippen molar-refractivity contribution in [1.29, 1.82) is 0 Å². The number of amides is 3. The van der Waals surface area contributed by atoms with Crippen molar-refractivity contribution in [3.05, 3.63) is 29.9 Å². The zero-order chi connectivity index (χ0) is 19.5. The highest BCUT2D eigenvalue weighted by atomic mass is 16.7. The number of nitrogens with one attached hydrogen (secondary N) is 2. The molecule has 1 fully saturated rings. The molecule has 0 spiro atoms. The molecule has 2 aliphatic rings. The predicted molar refractivity (Wildman–Crippen MR) is 97.2 cm³/mol. The highest BCUT2D eigenvalue weighted by molar-refractivity contribution is 6.01. The number of hydrogen-bond donors (Lipinski definition) is 2. The fourth-order valence-corrected chi connectivity index (χ4v) is 3.32. The Morgan fingerprint density at radius 3 is 2.75 bits per heavy atom. The standard InChI is InChI=1S/C18H21N5O5/c1-11-19-17(28-22-11)12-4-6-23(7-5-12)9-16(24)21-18(25)20-13-2-3-14-15(8-13)27-10-26-14/h2-3,8,12H,4-7,9-10H2,1H3,(H2,20,21,24,25). The zero-order valence-electron chi connectivity index (χ0n) is 15.4. The molecule has 4 rings (SSSR count). The molecule has 1 saturated heterocycles. The van der Waals surface area contributed by atoms with E-state index in [9.17, 15) is 9.59 Å². The van der Waals surface area contributed by atoms with Gasteiger partial charge in [0.25, 0.3) is 0 Å². The molecule has 0 radical (unpaired) electrons. The third-order valence-corrected chi connectivity index (χ3v) is 4.73. The number of benzene rings is 1. The number of piperidine rings is 1. The average molecular weight is 387 g/mol. The molecule has 2 aromatic rings. The Balaban J connectivity index is 1.22. The molecule has 2 aliphatic heterocycles. The summed E-state index contributed by atoms with van der Waals surface area (Å²) in [5, 5.41) is 8.79. The maximum Gasteiger partial charge on any atom is 0.325 e. The first kappa shape index (κ1) is 18.2. The second kappa shape index (κ2) is 7.85. The third kappa shape index (κ3) is 4.22. The molecule has 0 saturated carbocycles. The van der Waals surface area contributed by atoms with Gasteiger partial charge in [0, 0.05) is 17.7 Å². The van der Waals surface area contributed by atoms with E-state index in [1.54, 1.807) is 25.1 Å². The highest BCUT2D eigenvalue weighted by Crippen LogP contribution is 2.34. The van der Waals surface area contributed by atoms with E-state index in [1.165, 1.54) is 0 Å². The normalized spacial score (nSPS) is 16.8. The smallest absolute Gasteiger partial charge is 0.325 e. The minimum absolute atomic E-state index is 0.157. The molecule has 148 valence electrons. The number of aryl methyl sites for hydroxylation is 1. The van der Waals surface area contributed by atoms with Crippen LogP contribution in [0.3, 0.4) is 0 Å². The number of urea groups is 1. The van der Waals surface area contributed by atoms with Crippen LogP contribution in [0.15, 0.2) is 22.7 Å². The highest BCUT2D eigenvalue weighted by Gasteiger charge is 2.26. The van der Waals surface area contributed by atoms with E-state index in [1.807, 2.05) is 4.90 Å². The topological polar surface area (TPSA) is 119 Å². The minimum atomic E-state index is -0.583. The van der Waals surface area contributed by atoms with Crippen LogP contribution in [0, 0.1) is 6.92 Å². The lowest BCUT2D eigenvalue weighted by molar-refractivity contribution is -0.121. The summed E-state index contributed by atoms with van der Waals surface area (Å²) in [7, 11) is 0. The lowest BCUT2D eigenvalue weighted by Gasteiger charge is -2.29. The molecular weight excluding hydrogens is 366 g/mol. The van der Waals surface area contributed by atoms with Crippen LogP contribution in [0.25, 0.3) is 0 Å². The van der Waals surface area contributed by atoms with E-state index in [0.29, 0.717) is 28.9 Å². The molecule has 2 N–H and O–H groups in total. The molecule has 0 aliphatic carbocycles. The number of anilines is 1. The van der Waals surface area contributed by atoms with Crippen LogP contribution in [-0.4, -0.2) is 53.4 Å². The van der Waals surface area contributed by atoms with Crippen LogP contribution in [-0.2, 0) is 4.79 Å². The fourth-order valence-electron chi connectivity index (χ4n) is 3.32. The summed E-state index contributed by atoms with van der Waals surface area (Å²) in [5.74, 6) is 2.33. The van der Waals surface area contributed by atoms with Gasteiger partial charge in [-0.05, 0) is 45.0 Å². The van der Waals surface area contributed by atoms with Gasteiger partial charge in [0.1, 0.15) is 0 Å². The first-order chi connectivity index (χ1) is 13.6. The lowest BCUT2D eigenvalue weighted by atomic mass is 9.97. The number of likely N-dealkylation sites (tertiary alicyclic amines) is 1. The van der Waals surface area contributed by atoms with Crippen molar-refractivity contribution in [2.75, 3.05) is 31.7 Å². The summed E-state index contributed by atoms with van der Waals surface area (Å²) >= 11 is 0. The van der Waals surface area contributed by atoms with Crippen molar-refractivity contribution < 1.29 is 23.6 Å². The number of fused-ring (bicyclic) bond motifs is 1. The molecule has 28 heavy (non-hydrogen) atoms. The van der Waals surface area contributed by atoms with E-state index in [2.05, 4.69) is 20.8 Å². The van der Waals surface area contributed by atoms with Crippen LogP contribution >= 0.6 is 0 Å². The van der Waals surface area contributed by atoms with Gasteiger partial charge >= 0.3 is 6.03 Å². The molecule has 0 unspecified atom stereocenters. The number of hydrogen-bond acceptors (Lipinski definition) is 8. The molecule has 10 nitrogen and oxygen atoms in total. The van der Waals surface area contributed by atoms with Gasteiger partial charge in [0.15, 0.2) is 17.3 Å². The van der Waals surface area contributed by atoms with Gasteiger partial charge in [-0.15, -0.1) is 0 Å². The number of carbonyl (C=O) groups excluding carboxylic acids is 2. The molecule has 0 atom stereocenters. The molecule has 3 amide bonds. The van der Waals surface area contributed by atoms with Gasteiger partial charge in [0.05, 0.1) is 6.54 Å².